The smallest absolute Gasteiger partial charge is 0.309 e. The van der Waals surface area contributed by atoms with Crippen molar-refractivity contribution >= 4 is 23.6 Å². The van der Waals surface area contributed by atoms with Crippen LogP contribution in [0.25, 0.3) is 0 Å². The standard InChI is InChI=1S/C18H25NO4S/c1-3-23-18(21)15-8-10-19(11-9-15)17(20)13-24-12-14-4-6-16(22-2)7-5-14/h4-7,15H,3,8-13H2,1-2H3. The molecule has 1 heterocycles. The molecule has 0 unspecified atom stereocenters. The number of likely N-dealkylation sites (tertiary alicyclic amines) is 1. The summed E-state index contributed by atoms with van der Waals surface area (Å²) in [5.41, 5.74) is 1.18. The van der Waals surface area contributed by atoms with Crippen LogP contribution < -0.4 is 4.74 Å². The van der Waals surface area contributed by atoms with Gasteiger partial charge in [-0.1, -0.05) is 12.1 Å². The van der Waals surface area contributed by atoms with E-state index in [1.807, 2.05) is 36.1 Å². The zero-order chi connectivity index (χ0) is 17.4. The van der Waals surface area contributed by atoms with Crippen molar-refractivity contribution in [1.82, 2.24) is 4.90 Å². The maximum Gasteiger partial charge on any atom is 0.309 e. The van der Waals surface area contributed by atoms with Crippen LogP contribution >= 0.6 is 11.8 Å². The first-order chi connectivity index (χ1) is 11.6. The summed E-state index contributed by atoms with van der Waals surface area (Å²) in [4.78, 5) is 25.8. The normalized spacial score (nSPS) is 15.2. The van der Waals surface area contributed by atoms with Crippen LogP contribution in [0.1, 0.15) is 25.3 Å². The van der Waals surface area contributed by atoms with Crippen LogP contribution in [-0.2, 0) is 20.1 Å². The molecule has 24 heavy (non-hydrogen) atoms. The number of carbonyl (C=O) groups is 2. The molecule has 0 aromatic heterocycles. The third kappa shape index (κ3) is 5.44. The first kappa shape index (κ1) is 18.6. The Kier molecular flexibility index (Phi) is 7.43. The van der Waals surface area contributed by atoms with E-state index in [9.17, 15) is 9.59 Å². The van der Waals surface area contributed by atoms with E-state index in [-0.39, 0.29) is 17.8 Å². The number of hydrogen-bond donors (Lipinski definition) is 0. The summed E-state index contributed by atoms with van der Waals surface area (Å²) >= 11 is 1.61. The van der Waals surface area contributed by atoms with Gasteiger partial charge in [-0.3, -0.25) is 9.59 Å². The average Bonchev–Trinajstić information content (AvgIpc) is 2.62. The highest BCUT2D eigenvalue weighted by atomic mass is 32.2. The van der Waals surface area contributed by atoms with E-state index in [4.69, 9.17) is 9.47 Å². The van der Waals surface area contributed by atoms with Crippen molar-refractivity contribution in [3.05, 3.63) is 29.8 Å². The maximum absolute atomic E-state index is 12.3. The van der Waals surface area contributed by atoms with Gasteiger partial charge in [0, 0.05) is 18.8 Å². The Balaban J connectivity index is 1.68. The molecule has 1 aromatic carbocycles. The molecule has 132 valence electrons. The number of hydrogen-bond acceptors (Lipinski definition) is 5. The number of rotatable bonds is 7. The fourth-order valence-electron chi connectivity index (χ4n) is 2.69. The molecule has 0 bridgehead atoms. The molecule has 2 rings (SSSR count). The highest BCUT2D eigenvalue weighted by Gasteiger charge is 2.27. The van der Waals surface area contributed by atoms with Gasteiger partial charge in [-0.15, -0.1) is 11.8 Å². The van der Waals surface area contributed by atoms with Crippen molar-refractivity contribution < 1.29 is 19.1 Å². The SMILES string of the molecule is CCOC(=O)C1CCN(C(=O)CSCc2ccc(OC)cc2)CC1. The summed E-state index contributed by atoms with van der Waals surface area (Å²) in [6.45, 7) is 3.52. The molecule has 5 nitrogen and oxygen atoms in total. The van der Waals surface area contributed by atoms with E-state index < -0.39 is 0 Å². The minimum absolute atomic E-state index is 0.0547. The van der Waals surface area contributed by atoms with Gasteiger partial charge in [-0.2, -0.15) is 0 Å². The molecule has 0 atom stereocenters. The number of benzene rings is 1. The van der Waals surface area contributed by atoms with E-state index in [0.717, 1.165) is 11.5 Å². The molecule has 1 aliphatic heterocycles. The monoisotopic (exact) mass is 351 g/mol. The summed E-state index contributed by atoms with van der Waals surface area (Å²) < 4.78 is 10.2. The molecule has 1 fully saturated rings. The molecule has 1 aromatic rings. The minimum atomic E-state index is -0.126. The predicted molar refractivity (Wildman–Crippen MR) is 95.1 cm³/mol. The van der Waals surface area contributed by atoms with Crippen LogP contribution in [0.3, 0.4) is 0 Å². The van der Waals surface area contributed by atoms with Crippen molar-refractivity contribution in [3.63, 3.8) is 0 Å². The Hall–Kier alpha value is -1.69. The second-order valence-corrected chi connectivity index (χ2v) is 6.73. The molecule has 0 radical (unpaired) electrons. The second-order valence-electron chi connectivity index (χ2n) is 5.75. The molecule has 0 spiro atoms. The van der Waals surface area contributed by atoms with Crippen molar-refractivity contribution in [1.29, 1.82) is 0 Å². The number of esters is 1. The molecular formula is C18H25NO4S. The molecule has 1 saturated heterocycles. The number of piperidine rings is 1. The van der Waals surface area contributed by atoms with Crippen LogP contribution in [-0.4, -0.2) is 49.3 Å². The van der Waals surface area contributed by atoms with Crippen LogP contribution in [0.15, 0.2) is 24.3 Å². The zero-order valence-corrected chi connectivity index (χ0v) is 15.1. The molecule has 0 N–H and O–H groups in total. The Morgan fingerprint density at radius 3 is 2.46 bits per heavy atom. The van der Waals surface area contributed by atoms with E-state index in [1.165, 1.54) is 5.56 Å². The molecular weight excluding hydrogens is 326 g/mol. The van der Waals surface area contributed by atoms with Crippen molar-refractivity contribution in [3.8, 4) is 5.75 Å². The van der Waals surface area contributed by atoms with Gasteiger partial charge in [0.2, 0.25) is 5.91 Å². The first-order valence-electron chi connectivity index (χ1n) is 8.29. The van der Waals surface area contributed by atoms with Gasteiger partial charge in [0.15, 0.2) is 0 Å². The van der Waals surface area contributed by atoms with Crippen LogP contribution in [0, 0.1) is 5.92 Å². The third-order valence-corrected chi connectivity index (χ3v) is 5.11. The lowest BCUT2D eigenvalue weighted by Gasteiger charge is -2.30. The third-order valence-electron chi connectivity index (χ3n) is 4.12. The average molecular weight is 351 g/mol. The molecule has 0 saturated carbocycles. The largest absolute Gasteiger partial charge is 0.497 e. The molecule has 1 amide bonds. The van der Waals surface area contributed by atoms with Gasteiger partial charge in [0.25, 0.3) is 0 Å². The Morgan fingerprint density at radius 1 is 1.21 bits per heavy atom. The van der Waals surface area contributed by atoms with Gasteiger partial charge in [0.1, 0.15) is 5.75 Å². The fourth-order valence-corrected chi connectivity index (χ4v) is 3.58. The van der Waals surface area contributed by atoms with E-state index in [1.54, 1.807) is 18.9 Å². The number of methoxy groups -OCH3 is 1. The van der Waals surface area contributed by atoms with Gasteiger partial charge in [-0.05, 0) is 37.5 Å². The van der Waals surface area contributed by atoms with E-state index in [2.05, 4.69) is 0 Å². The lowest BCUT2D eigenvalue weighted by molar-refractivity contribution is -0.151. The summed E-state index contributed by atoms with van der Waals surface area (Å²) in [6.07, 6.45) is 1.40. The number of ether oxygens (including phenoxy) is 2. The van der Waals surface area contributed by atoms with Gasteiger partial charge in [-0.25, -0.2) is 0 Å². The zero-order valence-electron chi connectivity index (χ0n) is 14.3. The fraction of sp³-hybridized carbons (Fsp3) is 0.556. The van der Waals surface area contributed by atoms with Gasteiger partial charge < -0.3 is 14.4 Å². The van der Waals surface area contributed by atoms with Crippen molar-refractivity contribution in [2.24, 2.45) is 5.92 Å². The summed E-state index contributed by atoms with van der Waals surface area (Å²) in [5, 5.41) is 0. The Labute approximate surface area is 147 Å². The Bertz CT molecular complexity index is 538. The summed E-state index contributed by atoms with van der Waals surface area (Å²) in [5.74, 6) is 2.07. The number of amides is 1. The highest BCUT2D eigenvalue weighted by Crippen LogP contribution is 2.21. The minimum Gasteiger partial charge on any atom is -0.497 e. The number of carbonyl (C=O) groups excluding carboxylic acids is 2. The predicted octanol–water partition coefficient (Wildman–Crippen LogP) is 2.73. The molecule has 1 aliphatic rings. The topological polar surface area (TPSA) is 55.8 Å². The number of thioether (sulfide) groups is 1. The second kappa shape index (κ2) is 9.57. The van der Waals surface area contributed by atoms with Crippen LogP contribution in [0.5, 0.6) is 5.75 Å². The lowest BCUT2D eigenvalue weighted by Crippen LogP contribution is -2.41. The van der Waals surface area contributed by atoms with E-state index >= 15 is 0 Å². The summed E-state index contributed by atoms with van der Waals surface area (Å²) in [7, 11) is 1.65. The quantitative estimate of drug-likeness (QED) is 0.707. The van der Waals surface area contributed by atoms with Gasteiger partial charge in [0.05, 0.1) is 25.4 Å². The van der Waals surface area contributed by atoms with Crippen LogP contribution in [0.4, 0.5) is 0 Å². The maximum atomic E-state index is 12.3. The highest BCUT2D eigenvalue weighted by molar-refractivity contribution is 7.99. The van der Waals surface area contributed by atoms with E-state index in [0.29, 0.717) is 38.3 Å². The molecule has 6 heteroatoms. The van der Waals surface area contributed by atoms with Crippen molar-refractivity contribution in [2.75, 3.05) is 32.6 Å². The number of nitrogens with zero attached hydrogens (tertiary/aromatic N) is 1. The first-order valence-corrected chi connectivity index (χ1v) is 9.44. The summed E-state index contributed by atoms with van der Waals surface area (Å²) in [6, 6.07) is 7.89. The molecule has 0 aliphatic carbocycles. The lowest BCUT2D eigenvalue weighted by atomic mass is 9.97. The van der Waals surface area contributed by atoms with Crippen LogP contribution in [0.2, 0.25) is 0 Å². The Morgan fingerprint density at radius 2 is 1.88 bits per heavy atom. The van der Waals surface area contributed by atoms with Crippen molar-refractivity contribution in [2.45, 2.75) is 25.5 Å². The van der Waals surface area contributed by atoms with Gasteiger partial charge >= 0.3 is 5.97 Å².